The van der Waals surface area contributed by atoms with Crippen molar-refractivity contribution in [3.8, 4) is 0 Å². The maximum atomic E-state index is 13.3. The number of hydrogen-bond donors (Lipinski definition) is 1. The number of rotatable bonds is 5. The summed E-state index contributed by atoms with van der Waals surface area (Å²) in [4.78, 5) is 10.4. The number of nitro benzene ring substituents is 1. The first kappa shape index (κ1) is 16.0. The van der Waals surface area contributed by atoms with Gasteiger partial charge in [0.2, 0.25) is 0 Å². The second kappa shape index (κ2) is 7.07. The van der Waals surface area contributed by atoms with Gasteiger partial charge in [-0.1, -0.05) is 37.8 Å². The topological polar surface area (TPSA) is 55.2 Å². The molecule has 2 rings (SSSR count). The summed E-state index contributed by atoms with van der Waals surface area (Å²) in [5.41, 5.74) is 0.0178. The molecule has 2 unspecified atom stereocenters. The molecule has 0 radical (unpaired) electrons. The fourth-order valence-electron chi connectivity index (χ4n) is 3.06. The Morgan fingerprint density at radius 3 is 2.90 bits per heavy atom. The van der Waals surface area contributed by atoms with E-state index in [4.69, 9.17) is 11.6 Å². The third-order valence-electron chi connectivity index (χ3n) is 4.15. The maximum Gasteiger partial charge on any atom is 0.295 e. The van der Waals surface area contributed by atoms with Gasteiger partial charge in [0.1, 0.15) is 11.5 Å². The third-order valence-corrected chi connectivity index (χ3v) is 4.44. The van der Waals surface area contributed by atoms with Crippen LogP contribution >= 0.6 is 11.6 Å². The van der Waals surface area contributed by atoms with Crippen LogP contribution in [0.4, 0.5) is 15.8 Å². The Morgan fingerprint density at radius 2 is 2.24 bits per heavy atom. The molecule has 1 fully saturated rings. The van der Waals surface area contributed by atoms with Gasteiger partial charge in [0.25, 0.3) is 5.69 Å². The SMILES string of the molecule is CC1CCCC(CCNc2cc(Cl)c(F)cc2[N+](=O)[O-])C1. The number of nitrogens with one attached hydrogen (secondary N) is 1. The van der Waals surface area contributed by atoms with Crippen LogP contribution in [0.5, 0.6) is 0 Å². The number of benzene rings is 1. The molecule has 21 heavy (non-hydrogen) atoms. The average molecular weight is 315 g/mol. The van der Waals surface area contributed by atoms with Gasteiger partial charge in [-0.05, 0) is 30.7 Å². The lowest BCUT2D eigenvalue weighted by molar-refractivity contribution is -0.384. The molecular formula is C15H20ClFN2O2. The molecule has 4 nitrogen and oxygen atoms in total. The summed E-state index contributed by atoms with van der Waals surface area (Å²) in [7, 11) is 0. The molecule has 1 aliphatic rings. The van der Waals surface area contributed by atoms with Crippen molar-refractivity contribution in [3.63, 3.8) is 0 Å². The summed E-state index contributed by atoms with van der Waals surface area (Å²) >= 11 is 5.70. The minimum absolute atomic E-state index is 0.102. The van der Waals surface area contributed by atoms with Crippen LogP contribution in [0.1, 0.15) is 39.0 Å². The van der Waals surface area contributed by atoms with E-state index >= 15 is 0 Å². The molecule has 6 heteroatoms. The molecule has 0 spiro atoms. The van der Waals surface area contributed by atoms with E-state index in [2.05, 4.69) is 12.2 Å². The smallest absolute Gasteiger partial charge is 0.295 e. The van der Waals surface area contributed by atoms with Crippen LogP contribution in [0.3, 0.4) is 0 Å². The predicted octanol–water partition coefficient (Wildman–Crippen LogP) is 5.02. The second-order valence-electron chi connectivity index (χ2n) is 5.89. The van der Waals surface area contributed by atoms with Crippen molar-refractivity contribution < 1.29 is 9.31 Å². The molecule has 1 aromatic rings. The van der Waals surface area contributed by atoms with Gasteiger partial charge in [0.15, 0.2) is 0 Å². The number of hydrogen-bond acceptors (Lipinski definition) is 3. The molecule has 1 aliphatic carbocycles. The highest BCUT2D eigenvalue weighted by Gasteiger charge is 2.20. The number of halogens is 2. The summed E-state index contributed by atoms with van der Waals surface area (Å²) < 4.78 is 13.3. The molecule has 0 aliphatic heterocycles. The van der Waals surface area contributed by atoms with Gasteiger partial charge < -0.3 is 5.32 Å². The molecule has 0 amide bonds. The van der Waals surface area contributed by atoms with Crippen molar-refractivity contribution in [1.82, 2.24) is 0 Å². The van der Waals surface area contributed by atoms with Crippen molar-refractivity contribution in [3.05, 3.63) is 33.1 Å². The van der Waals surface area contributed by atoms with Gasteiger partial charge in [0, 0.05) is 6.54 Å². The van der Waals surface area contributed by atoms with Crippen molar-refractivity contribution >= 4 is 23.0 Å². The molecule has 0 aromatic heterocycles. The molecule has 2 atom stereocenters. The van der Waals surface area contributed by atoms with Crippen LogP contribution in [-0.2, 0) is 0 Å². The minimum atomic E-state index is -0.768. The fourth-order valence-corrected chi connectivity index (χ4v) is 3.23. The molecule has 0 saturated heterocycles. The van der Waals surface area contributed by atoms with Crippen molar-refractivity contribution in [2.24, 2.45) is 11.8 Å². The quantitative estimate of drug-likeness (QED) is 0.613. The fraction of sp³-hybridized carbons (Fsp3) is 0.600. The van der Waals surface area contributed by atoms with Gasteiger partial charge in [-0.15, -0.1) is 0 Å². The summed E-state index contributed by atoms with van der Waals surface area (Å²) in [6.45, 7) is 2.91. The summed E-state index contributed by atoms with van der Waals surface area (Å²) in [5.74, 6) is 0.657. The van der Waals surface area contributed by atoms with E-state index in [9.17, 15) is 14.5 Å². The molecule has 1 saturated carbocycles. The van der Waals surface area contributed by atoms with E-state index in [0.29, 0.717) is 12.5 Å². The van der Waals surface area contributed by atoms with E-state index in [-0.39, 0.29) is 16.4 Å². The minimum Gasteiger partial charge on any atom is -0.379 e. The lowest BCUT2D eigenvalue weighted by atomic mass is 9.81. The second-order valence-corrected chi connectivity index (χ2v) is 6.30. The highest BCUT2D eigenvalue weighted by atomic mass is 35.5. The Labute approximate surface area is 128 Å². The van der Waals surface area contributed by atoms with Gasteiger partial charge in [0.05, 0.1) is 16.0 Å². The molecule has 0 heterocycles. The summed E-state index contributed by atoms with van der Waals surface area (Å²) in [6.07, 6.45) is 5.96. The lowest BCUT2D eigenvalue weighted by Crippen LogP contribution is -2.17. The highest BCUT2D eigenvalue weighted by molar-refractivity contribution is 6.31. The van der Waals surface area contributed by atoms with Crippen LogP contribution in [0.25, 0.3) is 0 Å². The summed E-state index contributed by atoms with van der Waals surface area (Å²) in [5, 5.41) is 13.9. The van der Waals surface area contributed by atoms with Crippen LogP contribution < -0.4 is 5.32 Å². The summed E-state index contributed by atoms with van der Waals surface area (Å²) in [6, 6.07) is 2.16. The van der Waals surface area contributed by atoms with E-state index < -0.39 is 10.7 Å². The van der Waals surface area contributed by atoms with Crippen LogP contribution in [0.2, 0.25) is 5.02 Å². The number of anilines is 1. The normalized spacial score (nSPS) is 22.0. The Balaban J connectivity index is 1.96. The first-order valence-corrected chi connectivity index (χ1v) is 7.72. The van der Waals surface area contributed by atoms with Crippen molar-refractivity contribution in [1.29, 1.82) is 0 Å². The predicted molar refractivity (Wildman–Crippen MR) is 82.3 cm³/mol. The van der Waals surface area contributed by atoms with E-state index in [0.717, 1.165) is 18.4 Å². The van der Waals surface area contributed by atoms with E-state index in [1.165, 1.54) is 31.7 Å². The zero-order chi connectivity index (χ0) is 15.4. The Bertz CT molecular complexity index is 525. The molecule has 1 aromatic carbocycles. The largest absolute Gasteiger partial charge is 0.379 e. The Morgan fingerprint density at radius 1 is 1.48 bits per heavy atom. The molecule has 116 valence electrons. The van der Waals surface area contributed by atoms with Gasteiger partial charge in [-0.25, -0.2) is 4.39 Å². The zero-order valence-corrected chi connectivity index (χ0v) is 12.8. The first-order chi connectivity index (χ1) is 9.97. The lowest BCUT2D eigenvalue weighted by Gasteiger charge is -2.26. The van der Waals surface area contributed by atoms with Crippen molar-refractivity contribution in [2.75, 3.05) is 11.9 Å². The zero-order valence-electron chi connectivity index (χ0n) is 12.1. The number of nitro groups is 1. The van der Waals surface area contributed by atoms with Gasteiger partial charge >= 0.3 is 0 Å². The van der Waals surface area contributed by atoms with Crippen LogP contribution in [0.15, 0.2) is 12.1 Å². The van der Waals surface area contributed by atoms with Crippen molar-refractivity contribution in [2.45, 2.75) is 39.0 Å². The highest BCUT2D eigenvalue weighted by Crippen LogP contribution is 2.32. The van der Waals surface area contributed by atoms with Crippen LogP contribution in [-0.4, -0.2) is 11.5 Å². The molecular weight excluding hydrogens is 295 g/mol. The monoisotopic (exact) mass is 314 g/mol. The standard InChI is InChI=1S/C15H20ClFN2O2/c1-10-3-2-4-11(7-10)5-6-18-14-8-12(16)13(17)9-15(14)19(20)21/h8-11,18H,2-7H2,1H3. The van der Waals surface area contributed by atoms with E-state index in [1.54, 1.807) is 0 Å². The Hall–Kier alpha value is -1.36. The van der Waals surface area contributed by atoms with Crippen LogP contribution in [0, 0.1) is 27.8 Å². The Kier molecular flexibility index (Phi) is 5.39. The number of nitrogens with zero attached hydrogens (tertiary/aromatic N) is 1. The maximum absolute atomic E-state index is 13.3. The van der Waals surface area contributed by atoms with Gasteiger partial charge in [-0.3, -0.25) is 10.1 Å². The molecule has 0 bridgehead atoms. The van der Waals surface area contributed by atoms with Gasteiger partial charge in [-0.2, -0.15) is 0 Å². The molecule has 1 N–H and O–H groups in total. The average Bonchev–Trinajstić information content (AvgIpc) is 2.42. The first-order valence-electron chi connectivity index (χ1n) is 7.34. The van der Waals surface area contributed by atoms with E-state index in [1.807, 2.05) is 0 Å². The third kappa shape index (κ3) is 4.30.